The third kappa shape index (κ3) is 0.623. The van der Waals surface area contributed by atoms with Crippen LogP contribution in [0.5, 0.6) is 0 Å². The molecule has 3 heteroatoms. The second-order valence-electron chi connectivity index (χ2n) is 4.18. The Morgan fingerprint density at radius 1 is 1.31 bits per heavy atom. The molecule has 70 valence electrons. The van der Waals surface area contributed by atoms with Gasteiger partial charge in [-0.15, -0.1) is 11.6 Å². The quantitative estimate of drug-likeness (QED) is 0.656. The molecule has 1 fully saturated rings. The normalized spacial score (nSPS) is 36.8. The van der Waals surface area contributed by atoms with E-state index in [0.29, 0.717) is 0 Å². The van der Waals surface area contributed by atoms with Gasteiger partial charge in [0.15, 0.2) is 4.87 Å². The summed E-state index contributed by atoms with van der Waals surface area (Å²) in [6.45, 7) is 3.77. The Hall–Kier alpha value is -0.760. The van der Waals surface area contributed by atoms with Crippen LogP contribution in [0.15, 0.2) is 24.3 Å². The molecule has 0 aromatic heterocycles. The van der Waals surface area contributed by atoms with Crippen molar-refractivity contribution in [1.82, 2.24) is 0 Å². The third-order valence-electron chi connectivity index (χ3n) is 3.53. The van der Waals surface area contributed by atoms with Crippen molar-refractivity contribution in [3.63, 3.8) is 0 Å². The molecule has 0 heterocycles. The number of rotatable bonds is 1. The summed E-state index contributed by atoms with van der Waals surface area (Å²) in [5.41, 5.74) is -0.885. The van der Waals surface area contributed by atoms with E-state index in [2.05, 4.69) is 0 Å². The van der Waals surface area contributed by atoms with E-state index < -0.39 is 21.7 Å². The Kier molecular flexibility index (Phi) is 1.36. The molecule has 1 spiro atoms. The first-order chi connectivity index (χ1) is 5.90. The van der Waals surface area contributed by atoms with Gasteiger partial charge in [-0.3, -0.25) is 4.79 Å². The first-order valence-electron chi connectivity index (χ1n) is 4.19. The molecule has 1 saturated carbocycles. The fourth-order valence-corrected chi connectivity index (χ4v) is 2.92. The number of allylic oxidation sites excluding steroid dienone is 4. The van der Waals surface area contributed by atoms with Gasteiger partial charge in [0.05, 0.1) is 0 Å². The molecule has 2 nitrogen and oxygen atoms in total. The summed E-state index contributed by atoms with van der Waals surface area (Å²) in [6, 6.07) is 0. The number of aliphatic carboxylic acids is 1. The van der Waals surface area contributed by atoms with Crippen molar-refractivity contribution in [1.29, 1.82) is 0 Å². The summed E-state index contributed by atoms with van der Waals surface area (Å²) in [4.78, 5) is 9.90. The van der Waals surface area contributed by atoms with E-state index in [1.807, 2.05) is 38.2 Å². The van der Waals surface area contributed by atoms with E-state index >= 15 is 0 Å². The summed E-state index contributed by atoms with van der Waals surface area (Å²) in [6.07, 6.45) is 7.48. The highest BCUT2D eigenvalue weighted by Gasteiger charge is 2.84. The summed E-state index contributed by atoms with van der Waals surface area (Å²) in [7, 11) is 0. The Morgan fingerprint density at radius 2 is 1.77 bits per heavy atom. The van der Waals surface area contributed by atoms with Gasteiger partial charge in [0.2, 0.25) is 0 Å². The molecular weight excluding hydrogens is 188 g/mol. The van der Waals surface area contributed by atoms with Crippen molar-refractivity contribution in [2.45, 2.75) is 18.7 Å². The molecule has 0 radical (unpaired) electrons. The molecule has 1 atom stereocenters. The SMILES string of the molecule is CC1(C)C2(C=CC=C2)C1(Cl)C(=O)O. The molecule has 13 heavy (non-hydrogen) atoms. The van der Waals surface area contributed by atoms with Crippen LogP contribution in [-0.4, -0.2) is 16.0 Å². The topological polar surface area (TPSA) is 37.3 Å². The van der Waals surface area contributed by atoms with E-state index in [4.69, 9.17) is 16.7 Å². The van der Waals surface area contributed by atoms with Crippen LogP contribution >= 0.6 is 11.6 Å². The van der Waals surface area contributed by atoms with Gasteiger partial charge in [0.1, 0.15) is 0 Å². The molecular formula is C10H11ClO2. The number of carboxylic acid groups (broad SMARTS) is 1. The van der Waals surface area contributed by atoms with E-state index in [0.717, 1.165) is 0 Å². The Balaban J connectivity index is 2.52. The average molecular weight is 199 g/mol. The number of hydrogen-bond acceptors (Lipinski definition) is 1. The molecule has 0 aromatic rings. The van der Waals surface area contributed by atoms with Gasteiger partial charge in [-0.05, 0) is 0 Å². The second-order valence-corrected chi connectivity index (χ2v) is 4.74. The Morgan fingerprint density at radius 3 is 2.08 bits per heavy atom. The first-order valence-corrected chi connectivity index (χ1v) is 4.57. The first kappa shape index (κ1) is 8.82. The molecule has 0 aliphatic heterocycles. The van der Waals surface area contributed by atoms with Gasteiger partial charge in [-0.1, -0.05) is 38.2 Å². The molecule has 2 aliphatic rings. The van der Waals surface area contributed by atoms with E-state index in [1.54, 1.807) is 0 Å². The van der Waals surface area contributed by atoms with Gasteiger partial charge in [-0.2, -0.15) is 0 Å². The number of alkyl halides is 1. The molecule has 0 saturated heterocycles. The molecule has 0 bridgehead atoms. The van der Waals surface area contributed by atoms with Crippen molar-refractivity contribution in [3.05, 3.63) is 24.3 Å². The van der Waals surface area contributed by atoms with E-state index in [9.17, 15) is 4.79 Å². The van der Waals surface area contributed by atoms with Gasteiger partial charge in [0.25, 0.3) is 0 Å². The van der Waals surface area contributed by atoms with Crippen LogP contribution in [-0.2, 0) is 4.79 Å². The van der Waals surface area contributed by atoms with Crippen LogP contribution in [0.3, 0.4) is 0 Å². The van der Waals surface area contributed by atoms with Crippen molar-refractivity contribution in [2.75, 3.05) is 0 Å². The largest absolute Gasteiger partial charge is 0.480 e. The van der Waals surface area contributed by atoms with Crippen molar-refractivity contribution in [2.24, 2.45) is 10.8 Å². The zero-order valence-corrected chi connectivity index (χ0v) is 8.30. The standard InChI is InChI=1S/C10H11ClO2/c1-8(2)9(5-3-4-6-9)10(8,11)7(12)13/h3-6H,1-2H3,(H,12,13). The predicted octanol–water partition coefficient (Wildman–Crippen LogP) is 2.20. The van der Waals surface area contributed by atoms with Gasteiger partial charge in [0, 0.05) is 10.8 Å². The molecule has 0 amide bonds. The van der Waals surface area contributed by atoms with E-state index in [1.165, 1.54) is 0 Å². The van der Waals surface area contributed by atoms with Crippen LogP contribution in [0.4, 0.5) is 0 Å². The predicted molar refractivity (Wildman–Crippen MR) is 50.7 cm³/mol. The molecule has 1 N–H and O–H groups in total. The minimum absolute atomic E-state index is 0.406. The van der Waals surface area contributed by atoms with Gasteiger partial charge < -0.3 is 5.11 Å². The lowest BCUT2D eigenvalue weighted by atomic mass is 9.98. The highest BCUT2D eigenvalue weighted by molar-refractivity contribution is 6.39. The maximum Gasteiger partial charge on any atom is 0.326 e. The average Bonchev–Trinajstić information content (AvgIpc) is 2.44. The monoisotopic (exact) mass is 198 g/mol. The fourth-order valence-electron chi connectivity index (χ4n) is 2.45. The molecule has 1 unspecified atom stereocenters. The van der Waals surface area contributed by atoms with Gasteiger partial charge >= 0.3 is 5.97 Å². The summed E-state index contributed by atoms with van der Waals surface area (Å²) >= 11 is 6.13. The molecule has 2 aliphatic carbocycles. The highest BCUT2D eigenvalue weighted by atomic mass is 35.5. The summed E-state index contributed by atoms with van der Waals surface area (Å²) < 4.78 is 0. The minimum Gasteiger partial charge on any atom is -0.480 e. The maximum absolute atomic E-state index is 11.1. The number of carbonyl (C=O) groups is 1. The Bertz CT molecular complexity index is 329. The molecule has 2 rings (SSSR count). The zero-order valence-electron chi connectivity index (χ0n) is 7.54. The Labute approximate surface area is 81.9 Å². The van der Waals surface area contributed by atoms with Crippen LogP contribution in [0.1, 0.15) is 13.8 Å². The zero-order chi connectivity index (χ0) is 9.91. The number of halogens is 1. The summed E-state index contributed by atoms with van der Waals surface area (Å²) in [5, 5.41) is 9.07. The number of carboxylic acids is 1. The number of hydrogen-bond donors (Lipinski definition) is 1. The summed E-state index contributed by atoms with van der Waals surface area (Å²) in [5.74, 6) is -0.935. The van der Waals surface area contributed by atoms with E-state index in [-0.39, 0.29) is 0 Å². The van der Waals surface area contributed by atoms with Crippen molar-refractivity contribution < 1.29 is 9.90 Å². The lowest BCUT2D eigenvalue weighted by molar-refractivity contribution is -0.138. The van der Waals surface area contributed by atoms with Crippen molar-refractivity contribution in [3.8, 4) is 0 Å². The smallest absolute Gasteiger partial charge is 0.326 e. The highest BCUT2D eigenvalue weighted by Crippen LogP contribution is 2.77. The lowest BCUT2D eigenvalue weighted by Gasteiger charge is -2.05. The lowest BCUT2D eigenvalue weighted by Crippen LogP contribution is -2.23. The van der Waals surface area contributed by atoms with Gasteiger partial charge in [-0.25, -0.2) is 0 Å². The minimum atomic E-state index is -1.16. The third-order valence-corrected chi connectivity index (χ3v) is 4.47. The van der Waals surface area contributed by atoms with Crippen LogP contribution < -0.4 is 0 Å². The molecule has 0 aromatic carbocycles. The van der Waals surface area contributed by atoms with Crippen LogP contribution in [0, 0.1) is 10.8 Å². The van der Waals surface area contributed by atoms with Crippen molar-refractivity contribution >= 4 is 17.6 Å². The fraction of sp³-hybridized carbons (Fsp3) is 0.500. The van der Waals surface area contributed by atoms with Crippen LogP contribution in [0.2, 0.25) is 0 Å². The van der Waals surface area contributed by atoms with Crippen LogP contribution in [0.25, 0.3) is 0 Å². The maximum atomic E-state index is 11.1. The second kappa shape index (κ2) is 2.01.